The lowest BCUT2D eigenvalue weighted by Gasteiger charge is -2.32. The molecule has 0 spiro atoms. The molecule has 0 bridgehead atoms. The van der Waals surface area contributed by atoms with Gasteiger partial charge in [0.15, 0.2) is 0 Å². The number of nitrogens with zero attached hydrogens (tertiary/aromatic N) is 2. The zero-order chi connectivity index (χ0) is 18.0. The molecule has 0 radical (unpaired) electrons. The summed E-state index contributed by atoms with van der Waals surface area (Å²) in [6.07, 6.45) is 3.32. The molecule has 1 unspecified atom stereocenters. The lowest BCUT2D eigenvalue weighted by Crippen LogP contribution is -2.48. The summed E-state index contributed by atoms with van der Waals surface area (Å²) in [5.41, 5.74) is -0.524. The van der Waals surface area contributed by atoms with Gasteiger partial charge in [-0.3, -0.25) is 14.9 Å². The number of carbonyl (C=O) groups excluding carboxylic acids is 2. The van der Waals surface area contributed by atoms with E-state index >= 15 is 0 Å². The molecule has 1 aromatic rings. The molecule has 3 amide bonds. The van der Waals surface area contributed by atoms with E-state index in [9.17, 15) is 24.1 Å². The Morgan fingerprint density at radius 1 is 1.28 bits per heavy atom. The Labute approximate surface area is 143 Å². The predicted molar refractivity (Wildman–Crippen MR) is 87.5 cm³/mol. The zero-order valence-electron chi connectivity index (χ0n) is 13.5. The Kier molecular flexibility index (Phi) is 4.82. The van der Waals surface area contributed by atoms with E-state index < -0.39 is 22.3 Å². The van der Waals surface area contributed by atoms with Gasteiger partial charge in [-0.05, 0) is 37.8 Å². The van der Waals surface area contributed by atoms with Crippen LogP contribution in [0.4, 0.5) is 20.6 Å². The first-order valence-electron chi connectivity index (χ1n) is 8.24. The SMILES string of the molecule is O=C(Nc1ccc(F)c([N+](=O)[O-])c1)C1CCCN(C(=O)NC2CC2)C1. The van der Waals surface area contributed by atoms with Gasteiger partial charge in [0.2, 0.25) is 11.7 Å². The molecule has 134 valence electrons. The molecule has 1 saturated carbocycles. The second-order valence-corrected chi connectivity index (χ2v) is 6.42. The second-order valence-electron chi connectivity index (χ2n) is 6.42. The van der Waals surface area contributed by atoms with E-state index in [0.717, 1.165) is 25.0 Å². The first kappa shape index (κ1) is 17.1. The van der Waals surface area contributed by atoms with Crippen LogP contribution in [0.15, 0.2) is 18.2 Å². The minimum atomic E-state index is -0.955. The largest absolute Gasteiger partial charge is 0.335 e. The van der Waals surface area contributed by atoms with Crippen molar-refractivity contribution >= 4 is 23.3 Å². The van der Waals surface area contributed by atoms with Crippen molar-refractivity contribution in [2.45, 2.75) is 31.7 Å². The van der Waals surface area contributed by atoms with Crippen LogP contribution in [0.3, 0.4) is 0 Å². The molecular weight excluding hydrogens is 331 g/mol. The number of halogens is 1. The molecule has 2 aliphatic rings. The van der Waals surface area contributed by atoms with Crippen LogP contribution >= 0.6 is 0 Å². The van der Waals surface area contributed by atoms with Gasteiger partial charge in [-0.2, -0.15) is 4.39 Å². The molecule has 1 aliphatic carbocycles. The van der Waals surface area contributed by atoms with Gasteiger partial charge >= 0.3 is 11.7 Å². The van der Waals surface area contributed by atoms with Crippen molar-refractivity contribution in [2.75, 3.05) is 18.4 Å². The van der Waals surface area contributed by atoms with Gasteiger partial charge in [-0.15, -0.1) is 0 Å². The number of nitro benzene ring substituents is 1. The van der Waals surface area contributed by atoms with E-state index in [2.05, 4.69) is 10.6 Å². The van der Waals surface area contributed by atoms with Gasteiger partial charge in [0.05, 0.1) is 10.8 Å². The Balaban J connectivity index is 1.61. The molecule has 1 saturated heterocycles. The third-order valence-electron chi connectivity index (χ3n) is 4.39. The van der Waals surface area contributed by atoms with Crippen LogP contribution in [0.25, 0.3) is 0 Å². The number of piperidine rings is 1. The van der Waals surface area contributed by atoms with Crippen molar-refractivity contribution in [3.8, 4) is 0 Å². The van der Waals surface area contributed by atoms with Gasteiger partial charge in [0.1, 0.15) is 0 Å². The maximum atomic E-state index is 13.4. The van der Waals surface area contributed by atoms with Crippen LogP contribution in [0, 0.1) is 21.8 Å². The number of nitrogens with one attached hydrogen (secondary N) is 2. The summed E-state index contributed by atoms with van der Waals surface area (Å²) >= 11 is 0. The topological polar surface area (TPSA) is 105 Å². The Morgan fingerprint density at radius 3 is 2.72 bits per heavy atom. The third-order valence-corrected chi connectivity index (χ3v) is 4.39. The van der Waals surface area contributed by atoms with Crippen molar-refractivity contribution < 1.29 is 18.9 Å². The number of urea groups is 1. The average molecular weight is 350 g/mol. The molecule has 1 atom stereocenters. The summed E-state index contributed by atoms with van der Waals surface area (Å²) in [5, 5.41) is 16.3. The van der Waals surface area contributed by atoms with Crippen molar-refractivity contribution in [2.24, 2.45) is 5.92 Å². The van der Waals surface area contributed by atoms with E-state index in [1.807, 2.05) is 0 Å². The number of hydrogen-bond donors (Lipinski definition) is 2. The smallest absolute Gasteiger partial charge is 0.317 e. The molecule has 8 nitrogen and oxygen atoms in total. The zero-order valence-corrected chi connectivity index (χ0v) is 13.5. The molecule has 9 heteroatoms. The minimum Gasteiger partial charge on any atom is -0.335 e. The van der Waals surface area contributed by atoms with Crippen LogP contribution in [-0.2, 0) is 4.79 Å². The maximum Gasteiger partial charge on any atom is 0.317 e. The number of benzene rings is 1. The highest BCUT2D eigenvalue weighted by molar-refractivity contribution is 5.93. The number of nitro groups is 1. The van der Waals surface area contributed by atoms with Crippen molar-refractivity contribution in [3.05, 3.63) is 34.1 Å². The van der Waals surface area contributed by atoms with Gasteiger partial charge in [0.25, 0.3) is 0 Å². The first-order chi connectivity index (χ1) is 11.9. The molecule has 2 N–H and O–H groups in total. The highest BCUT2D eigenvalue weighted by Crippen LogP contribution is 2.24. The Morgan fingerprint density at radius 2 is 2.04 bits per heavy atom. The Bertz CT molecular complexity index is 707. The highest BCUT2D eigenvalue weighted by atomic mass is 19.1. The van der Waals surface area contributed by atoms with Crippen LogP contribution in [0.5, 0.6) is 0 Å². The predicted octanol–water partition coefficient (Wildman–Crippen LogP) is 2.26. The molecule has 1 aromatic carbocycles. The second kappa shape index (κ2) is 7.04. The summed E-state index contributed by atoms with van der Waals surface area (Å²) in [5.74, 6) is -1.68. The summed E-state index contributed by atoms with van der Waals surface area (Å²) in [7, 11) is 0. The minimum absolute atomic E-state index is 0.155. The number of rotatable bonds is 4. The number of anilines is 1. The van der Waals surface area contributed by atoms with E-state index in [0.29, 0.717) is 25.9 Å². The van der Waals surface area contributed by atoms with Crippen molar-refractivity contribution in [1.82, 2.24) is 10.2 Å². The van der Waals surface area contributed by atoms with Gasteiger partial charge in [-0.25, -0.2) is 4.79 Å². The average Bonchev–Trinajstić information content (AvgIpc) is 3.40. The van der Waals surface area contributed by atoms with E-state index in [1.54, 1.807) is 4.90 Å². The molecule has 1 heterocycles. The maximum absolute atomic E-state index is 13.4. The molecule has 1 aliphatic heterocycles. The summed E-state index contributed by atoms with van der Waals surface area (Å²) < 4.78 is 13.4. The molecule has 0 aromatic heterocycles. The molecule has 3 rings (SSSR count). The third kappa shape index (κ3) is 4.23. The molecule has 2 fully saturated rings. The molecular formula is C16H19FN4O4. The monoisotopic (exact) mass is 350 g/mol. The van der Waals surface area contributed by atoms with E-state index in [-0.39, 0.29) is 23.7 Å². The number of hydrogen-bond acceptors (Lipinski definition) is 4. The fourth-order valence-electron chi connectivity index (χ4n) is 2.84. The van der Waals surface area contributed by atoms with Crippen molar-refractivity contribution in [1.29, 1.82) is 0 Å². The van der Waals surface area contributed by atoms with Gasteiger partial charge < -0.3 is 15.5 Å². The number of amides is 3. The van der Waals surface area contributed by atoms with Crippen molar-refractivity contribution in [3.63, 3.8) is 0 Å². The van der Waals surface area contributed by atoms with Gasteiger partial charge in [0, 0.05) is 30.9 Å². The van der Waals surface area contributed by atoms with Crippen LogP contribution in [-0.4, -0.2) is 40.9 Å². The normalized spacial score (nSPS) is 20.0. The summed E-state index contributed by atoms with van der Waals surface area (Å²) in [6, 6.07) is 3.32. The summed E-state index contributed by atoms with van der Waals surface area (Å²) in [6.45, 7) is 0.901. The Hall–Kier alpha value is -2.71. The number of carbonyl (C=O) groups is 2. The number of likely N-dealkylation sites (tertiary alicyclic amines) is 1. The van der Waals surface area contributed by atoms with Crippen LogP contribution in [0.2, 0.25) is 0 Å². The van der Waals surface area contributed by atoms with Gasteiger partial charge in [-0.1, -0.05) is 0 Å². The fourth-order valence-corrected chi connectivity index (χ4v) is 2.84. The molecule has 25 heavy (non-hydrogen) atoms. The first-order valence-corrected chi connectivity index (χ1v) is 8.24. The highest BCUT2D eigenvalue weighted by Gasteiger charge is 2.31. The summed E-state index contributed by atoms with van der Waals surface area (Å²) in [4.78, 5) is 36.1. The van der Waals surface area contributed by atoms with E-state index in [4.69, 9.17) is 0 Å². The van der Waals surface area contributed by atoms with E-state index in [1.165, 1.54) is 6.07 Å². The van der Waals surface area contributed by atoms with Crippen LogP contribution < -0.4 is 10.6 Å². The lowest BCUT2D eigenvalue weighted by atomic mass is 9.97. The standard InChI is InChI=1S/C16H19FN4O4/c17-13-6-5-12(8-14(13)21(24)25)18-15(22)10-2-1-7-20(9-10)16(23)19-11-3-4-11/h5-6,8,10-11H,1-4,7,9H2,(H,18,22)(H,19,23). The quantitative estimate of drug-likeness (QED) is 0.642. The van der Waals surface area contributed by atoms with Crippen LogP contribution in [0.1, 0.15) is 25.7 Å². The lowest BCUT2D eigenvalue weighted by molar-refractivity contribution is -0.387. The fraction of sp³-hybridized carbons (Fsp3) is 0.500.